The maximum Gasteiger partial charge on any atom is 0.160 e. The zero-order valence-electron chi connectivity index (χ0n) is 11.7. The third-order valence-corrected chi connectivity index (χ3v) is 3.27. The number of hydrogen-bond donors (Lipinski definition) is 0. The van der Waals surface area contributed by atoms with Crippen LogP contribution in [0.15, 0.2) is 24.4 Å². The zero-order valence-corrected chi connectivity index (χ0v) is 11.7. The standard InChI is InChI=1S/C16H19NO/c1-10-8-15-13(9-12(10)11(2)18)14(6-7-17-15)16(3,4)5/h6-9H,1-5H3. The van der Waals surface area contributed by atoms with E-state index in [1.807, 2.05) is 31.3 Å². The van der Waals surface area contributed by atoms with Gasteiger partial charge in [-0.3, -0.25) is 9.78 Å². The van der Waals surface area contributed by atoms with Crippen LogP contribution in [-0.2, 0) is 5.41 Å². The Morgan fingerprint density at radius 1 is 1.22 bits per heavy atom. The number of benzene rings is 1. The number of ketones is 1. The van der Waals surface area contributed by atoms with Gasteiger partial charge in [0.2, 0.25) is 0 Å². The van der Waals surface area contributed by atoms with Crippen LogP contribution >= 0.6 is 0 Å². The van der Waals surface area contributed by atoms with Gasteiger partial charge in [0, 0.05) is 17.1 Å². The molecule has 0 bridgehead atoms. The highest BCUT2D eigenvalue weighted by atomic mass is 16.1. The lowest BCUT2D eigenvalue weighted by Gasteiger charge is -2.21. The number of nitrogens with zero attached hydrogens (tertiary/aromatic N) is 1. The highest BCUT2D eigenvalue weighted by Gasteiger charge is 2.18. The number of aryl methyl sites for hydroxylation is 1. The van der Waals surface area contributed by atoms with Crippen molar-refractivity contribution in [1.82, 2.24) is 4.98 Å². The predicted molar refractivity (Wildman–Crippen MR) is 75.2 cm³/mol. The van der Waals surface area contributed by atoms with E-state index in [0.29, 0.717) is 0 Å². The maximum atomic E-state index is 11.7. The summed E-state index contributed by atoms with van der Waals surface area (Å²) in [6.45, 7) is 10.1. The van der Waals surface area contributed by atoms with E-state index in [-0.39, 0.29) is 11.2 Å². The molecule has 0 spiro atoms. The number of rotatable bonds is 1. The fraction of sp³-hybridized carbons (Fsp3) is 0.375. The first kappa shape index (κ1) is 12.7. The van der Waals surface area contributed by atoms with Gasteiger partial charge in [-0.1, -0.05) is 20.8 Å². The fourth-order valence-corrected chi connectivity index (χ4v) is 2.33. The summed E-state index contributed by atoms with van der Waals surface area (Å²) in [4.78, 5) is 16.1. The van der Waals surface area contributed by atoms with Gasteiger partial charge in [0.05, 0.1) is 5.52 Å². The Morgan fingerprint density at radius 3 is 2.44 bits per heavy atom. The topological polar surface area (TPSA) is 30.0 Å². The molecule has 2 rings (SSSR count). The second-order valence-electron chi connectivity index (χ2n) is 5.85. The van der Waals surface area contributed by atoms with E-state index in [9.17, 15) is 4.79 Å². The smallest absolute Gasteiger partial charge is 0.160 e. The van der Waals surface area contributed by atoms with E-state index >= 15 is 0 Å². The molecule has 0 saturated heterocycles. The molecule has 0 N–H and O–H groups in total. The van der Waals surface area contributed by atoms with E-state index in [4.69, 9.17) is 0 Å². The second-order valence-corrected chi connectivity index (χ2v) is 5.85. The van der Waals surface area contributed by atoms with Crippen molar-refractivity contribution in [2.45, 2.75) is 40.0 Å². The molecule has 0 radical (unpaired) electrons. The van der Waals surface area contributed by atoms with Crippen LogP contribution in [0, 0.1) is 6.92 Å². The quantitative estimate of drug-likeness (QED) is 0.705. The van der Waals surface area contributed by atoms with Gasteiger partial charge in [0.25, 0.3) is 0 Å². The average molecular weight is 241 g/mol. The van der Waals surface area contributed by atoms with Gasteiger partial charge in [-0.25, -0.2) is 0 Å². The van der Waals surface area contributed by atoms with Crippen molar-refractivity contribution in [1.29, 1.82) is 0 Å². The number of pyridine rings is 1. The third-order valence-electron chi connectivity index (χ3n) is 3.27. The van der Waals surface area contributed by atoms with Gasteiger partial charge in [-0.2, -0.15) is 0 Å². The van der Waals surface area contributed by atoms with Crippen molar-refractivity contribution in [3.05, 3.63) is 41.1 Å². The lowest BCUT2D eigenvalue weighted by Crippen LogP contribution is -2.12. The van der Waals surface area contributed by atoms with Gasteiger partial charge >= 0.3 is 0 Å². The van der Waals surface area contributed by atoms with Crippen LogP contribution in [0.1, 0.15) is 49.2 Å². The molecule has 0 fully saturated rings. The predicted octanol–water partition coefficient (Wildman–Crippen LogP) is 4.04. The van der Waals surface area contributed by atoms with E-state index in [1.54, 1.807) is 6.92 Å². The molecule has 0 saturated carbocycles. The molecule has 0 aliphatic rings. The van der Waals surface area contributed by atoms with E-state index < -0.39 is 0 Å². The number of carbonyl (C=O) groups is 1. The molecule has 2 nitrogen and oxygen atoms in total. The van der Waals surface area contributed by atoms with Crippen LogP contribution in [0.25, 0.3) is 10.9 Å². The van der Waals surface area contributed by atoms with E-state index in [1.165, 1.54) is 5.56 Å². The summed E-state index contributed by atoms with van der Waals surface area (Å²) in [6.07, 6.45) is 1.84. The Hall–Kier alpha value is -1.70. The fourth-order valence-electron chi connectivity index (χ4n) is 2.33. The van der Waals surface area contributed by atoms with Gasteiger partial charge < -0.3 is 0 Å². The monoisotopic (exact) mass is 241 g/mol. The molecule has 2 heteroatoms. The third kappa shape index (κ3) is 2.15. The minimum Gasteiger partial charge on any atom is -0.295 e. The molecule has 0 amide bonds. The molecular weight excluding hydrogens is 222 g/mol. The highest BCUT2D eigenvalue weighted by Crippen LogP contribution is 2.30. The van der Waals surface area contributed by atoms with Crippen molar-refractivity contribution < 1.29 is 4.79 Å². The van der Waals surface area contributed by atoms with Gasteiger partial charge in [0.1, 0.15) is 0 Å². The largest absolute Gasteiger partial charge is 0.295 e. The van der Waals surface area contributed by atoms with Crippen molar-refractivity contribution in [2.75, 3.05) is 0 Å². The lowest BCUT2D eigenvalue weighted by atomic mass is 9.84. The summed E-state index contributed by atoms with van der Waals surface area (Å²) in [5.41, 5.74) is 4.03. The molecule has 0 aliphatic carbocycles. The average Bonchev–Trinajstić information content (AvgIpc) is 2.25. The Bertz CT molecular complexity index is 621. The Morgan fingerprint density at radius 2 is 1.89 bits per heavy atom. The van der Waals surface area contributed by atoms with Gasteiger partial charge in [0.15, 0.2) is 5.78 Å². The molecular formula is C16H19NO. The van der Waals surface area contributed by atoms with Crippen LogP contribution < -0.4 is 0 Å². The number of fused-ring (bicyclic) bond motifs is 1. The second kappa shape index (κ2) is 4.20. The van der Waals surface area contributed by atoms with Crippen LogP contribution in [0.4, 0.5) is 0 Å². The highest BCUT2D eigenvalue weighted by molar-refractivity contribution is 6.00. The summed E-state index contributed by atoms with van der Waals surface area (Å²) < 4.78 is 0. The van der Waals surface area contributed by atoms with Crippen molar-refractivity contribution in [3.63, 3.8) is 0 Å². The Balaban J connectivity index is 2.84. The van der Waals surface area contributed by atoms with Crippen LogP contribution in [0.5, 0.6) is 0 Å². The lowest BCUT2D eigenvalue weighted by molar-refractivity contribution is 0.101. The van der Waals surface area contributed by atoms with Gasteiger partial charge in [-0.15, -0.1) is 0 Å². The molecule has 18 heavy (non-hydrogen) atoms. The SMILES string of the molecule is CC(=O)c1cc2c(C(C)(C)C)ccnc2cc1C. The number of Topliss-reactive ketones (excluding diaryl/α,β-unsaturated/α-hetero) is 1. The number of carbonyl (C=O) groups excluding carboxylic acids is 1. The Kier molecular flexibility index (Phi) is 2.97. The molecule has 0 unspecified atom stereocenters. The van der Waals surface area contributed by atoms with E-state index in [2.05, 4.69) is 25.8 Å². The van der Waals surface area contributed by atoms with Crippen LogP contribution in [0.2, 0.25) is 0 Å². The molecule has 0 aliphatic heterocycles. The van der Waals surface area contributed by atoms with Crippen molar-refractivity contribution in [2.24, 2.45) is 0 Å². The van der Waals surface area contributed by atoms with Crippen molar-refractivity contribution >= 4 is 16.7 Å². The first-order valence-electron chi connectivity index (χ1n) is 6.21. The minimum atomic E-state index is 0.0461. The summed E-state index contributed by atoms with van der Waals surface area (Å²) in [6, 6.07) is 6.03. The molecule has 0 atom stereocenters. The summed E-state index contributed by atoms with van der Waals surface area (Å²) in [5, 5.41) is 1.08. The first-order valence-corrected chi connectivity index (χ1v) is 6.21. The van der Waals surface area contributed by atoms with Gasteiger partial charge in [-0.05, 0) is 48.6 Å². The Labute approximate surface area is 108 Å². The van der Waals surface area contributed by atoms with Crippen molar-refractivity contribution in [3.8, 4) is 0 Å². The van der Waals surface area contributed by atoms with Crippen LogP contribution in [0.3, 0.4) is 0 Å². The summed E-state index contributed by atoms with van der Waals surface area (Å²) >= 11 is 0. The molecule has 94 valence electrons. The van der Waals surface area contributed by atoms with E-state index in [0.717, 1.165) is 22.0 Å². The first-order chi connectivity index (χ1) is 8.30. The summed E-state index contributed by atoms with van der Waals surface area (Å²) in [7, 11) is 0. The number of hydrogen-bond acceptors (Lipinski definition) is 2. The molecule has 1 heterocycles. The minimum absolute atomic E-state index is 0.0461. The van der Waals surface area contributed by atoms with Crippen LogP contribution in [-0.4, -0.2) is 10.8 Å². The zero-order chi connectivity index (χ0) is 13.5. The number of aromatic nitrogens is 1. The summed E-state index contributed by atoms with van der Waals surface area (Å²) in [5.74, 6) is 0.109. The maximum absolute atomic E-state index is 11.7. The molecule has 1 aromatic heterocycles. The molecule has 1 aromatic carbocycles. The molecule has 2 aromatic rings. The normalized spacial score (nSPS) is 11.8.